The van der Waals surface area contributed by atoms with Crippen LogP contribution in [0.25, 0.3) is 0 Å². The molecule has 0 rings (SSSR count). The predicted molar refractivity (Wildman–Crippen MR) is 57.4 cm³/mol. The van der Waals surface area contributed by atoms with Crippen LogP contribution in [0.2, 0.25) is 0 Å². The highest BCUT2D eigenvalue weighted by atomic mass is 16.5. The lowest BCUT2D eigenvalue weighted by Gasteiger charge is -2.32. The van der Waals surface area contributed by atoms with Gasteiger partial charge in [-0.3, -0.25) is 0 Å². The standard InChI is InChI=1S/C11H24O3/c1-5-11(4,10(2)3)14-9-8-13-7-6-12/h10,12H,5-9H2,1-4H3. The average molecular weight is 204 g/mol. The van der Waals surface area contributed by atoms with Crippen LogP contribution in [-0.4, -0.2) is 37.1 Å². The van der Waals surface area contributed by atoms with E-state index in [1.165, 1.54) is 0 Å². The Balaban J connectivity index is 3.63. The third-order valence-corrected chi connectivity index (χ3v) is 2.82. The summed E-state index contributed by atoms with van der Waals surface area (Å²) in [4.78, 5) is 0. The molecule has 0 amide bonds. The summed E-state index contributed by atoms with van der Waals surface area (Å²) in [6.07, 6.45) is 1.00. The molecule has 0 radical (unpaired) electrons. The lowest BCUT2D eigenvalue weighted by atomic mass is 9.90. The second kappa shape index (κ2) is 7.21. The van der Waals surface area contributed by atoms with Gasteiger partial charge in [-0.2, -0.15) is 0 Å². The van der Waals surface area contributed by atoms with Gasteiger partial charge in [0, 0.05) is 0 Å². The Kier molecular flexibility index (Phi) is 7.15. The van der Waals surface area contributed by atoms with E-state index < -0.39 is 0 Å². The van der Waals surface area contributed by atoms with Crippen LogP contribution >= 0.6 is 0 Å². The Bertz CT molecular complexity index is 136. The third-order valence-electron chi connectivity index (χ3n) is 2.82. The SMILES string of the molecule is CCC(C)(OCCOCCO)C(C)C. The van der Waals surface area contributed by atoms with Crippen LogP contribution in [0.1, 0.15) is 34.1 Å². The summed E-state index contributed by atoms with van der Waals surface area (Å²) in [6.45, 7) is 10.2. The molecule has 0 aromatic heterocycles. The summed E-state index contributed by atoms with van der Waals surface area (Å²) in [5.41, 5.74) is -0.0530. The molecule has 1 unspecified atom stereocenters. The second-order valence-electron chi connectivity index (χ2n) is 4.01. The van der Waals surface area contributed by atoms with Crippen molar-refractivity contribution in [1.82, 2.24) is 0 Å². The lowest BCUT2D eigenvalue weighted by Crippen LogP contribution is -2.35. The fourth-order valence-electron chi connectivity index (χ4n) is 1.18. The minimum atomic E-state index is -0.0530. The first-order chi connectivity index (χ1) is 6.56. The van der Waals surface area contributed by atoms with Crippen molar-refractivity contribution in [2.24, 2.45) is 5.92 Å². The molecular weight excluding hydrogens is 180 g/mol. The van der Waals surface area contributed by atoms with Crippen LogP contribution in [0.3, 0.4) is 0 Å². The van der Waals surface area contributed by atoms with Gasteiger partial charge in [0.05, 0.1) is 32.0 Å². The summed E-state index contributed by atoms with van der Waals surface area (Å²) in [6, 6.07) is 0. The topological polar surface area (TPSA) is 38.7 Å². The van der Waals surface area contributed by atoms with Gasteiger partial charge in [0.15, 0.2) is 0 Å². The van der Waals surface area contributed by atoms with Gasteiger partial charge < -0.3 is 14.6 Å². The maximum absolute atomic E-state index is 8.49. The molecule has 0 aliphatic rings. The molecule has 3 heteroatoms. The summed E-state index contributed by atoms with van der Waals surface area (Å²) in [5.74, 6) is 0.505. The molecule has 0 spiro atoms. The first-order valence-corrected chi connectivity index (χ1v) is 5.39. The van der Waals surface area contributed by atoms with Crippen molar-refractivity contribution < 1.29 is 14.6 Å². The molecular formula is C11H24O3. The number of rotatable bonds is 8. The Morgan fingerprint density at radius 2 is 1.86 bits per heavy atom. The largest absolute Gasteiger partial charge is 0.394 e. The number of hydrogen-bond donors (Lipinski definition) is 1. The van der Waals surface area contributed by atoms with E-state index in [1.54, 1.807) is 0 Å². The van der Waals surface area contributed by atoms with Gasteiger partial charge >= 0.3 is 0 Å². The maximum Gasteiger partial charge on any atom is 0.0708 e. The normalized spacial score (nSPS) is 15.9. The molecule has 1 N–H and O–H groups in total. The van der Waals surface area contributed by atoms with E-state index in [9.17, 15) is 0 Å². The summed E-state index contributed by atoms with van der Waals surface area (Å²) in [5, 5.41) is 8.49. The summed E-state index contributed by atoms with van der Waals surface area (Å²) >= 11 is 0. The van der Waals surface area contributed by atoms with E-state index in [-0.39, 0.29) is 12.2 Å². The van der Waals surface area contributed by atoms with Gasteiger partial charge in [-0.15, -0.1) is 0 Å². The second-order valence-corrected chi connectivity index (χ2v) is 4.01. The van der Waals surface area contributed by atoms with Gasteiger partial charge in [-0.05, 0) is 19.3 Å². The van der Waals surface area contributed by atoms with Gasteiger partial charge in [0.2, 0.25) is 0 Å². The van der Waals surface area contributed by atoms with Crippen LogP contribution in [-0.2, 0) is 9.47 Å². The fraction of sp³-hybridized carbons (Fsp3) is 1.00. The van der Waals surface area contributed by atoms with Crippen molar-refractivity contribution in [3.05, 3.63) is 0 Å². The Hall–Kier alpha value is -0.120. The van der Waals surface area contributed by atoms with Crippen molar-refractivity contribution in [1.29, 1.82) is 0 Å². The zero-order chi connectivity index (χ0) is 11.0. The zero-order valence-electron chi connectivity index (χ0n) is 9.88. The van der Waals surface area contributed by atoms with Gasteiger partial charge in [0.25, 0.3) is 0 Å². The van der Waals surface area contributed by atoms with Crippen LogP contribution in [0.15, 0.2) is 0 Å². The first kappa shape index (κ1) is 13.9. The highest BCUT2D eigenvalue weighted by molar-refractivity contribution is 4.76. The van der Waals surface area contributed by atoms with Crippen molar-refractivity contribution in [2.75, 3.05) is 26.4 Å². The van der Waals surface area contributed by atoms with Crippen LogP contribution in [0, 0.1) is 5.92 Å². The number of aliphatic hydroxyl groups is 1. The van der Waals surface area contributed by atoms with Crippen LogP contribution in [0.5, 0.6) is 0 Å². The van der Waals surface area contributed by atoms with E-state index in [1.807, 2.05) is 0 Å². The van der Waals surface area contributed by atoms with Crippen LogP contribution in [0.4, 0.5) is 0 Å². The third kappa shape index (κ3) is 4.94. The first-order valence-electron chi connectivity index (χ1n) is 5.39. The highest BCUT2D eigenvalue weighted by Gasteiger charge is 2.26. The summed E-state index contributed by atoms with van der Waals surface area (Å²) in [7, 11) is 0. The molecule has 0 aromatic carbocycles. The molecule has 0 aromatic rings. The Morgan fingerprint density at radius 1 is 1.21 bits per heavy atom. The van der Waals surface area contributed by atoms with Gasteiger partial charge in [-0.25, -0.2) is 0 Å². The molecule has 86 valence electrons. The molecule has 14 heavy (non-hydrogen) atoms. The Labute approximate surface area is 87.4 Å². The van der Waals surface area contributed by atoms with Gasteiger partial charge in [0.1, 0.15) is 0 Å². The molecule has 0 heterocycles. The molecule has 0 fully saturated rings. The quantitative estimate of drug-likeness (QED) is 0.613. The fourth-order valence-corrected chi connectivity index (χ4v) is 1.18. The number of hydrogen-bond acceptors (Lipinski definition) is 3. The molecule has 1 atom stereocenters. The summed E-state index contributed by atoms with van der Waals surface area (Å²) < 4.78 is 10.9. The molecule has 0 aliphatic carbocycles. The average Bonchev–Trinajstić information content (AvgIpc) is 2.17. The number of ether oxygens (including phenoxy) is 2. The predicted octanol–water partition coefficient (Wildman–Crippen LogP) is 1.84. The maximum atomic E-state index is 8.49. The molecule has 0 aliphatic heterocycles. The van der Waals surface area contributed by atoms with Crippen molar-refractivity contribution in [3.8, 4) is 0 Å². The lowest BCUT2D eigenvalue weighted by molar-refractivity contribution is -0.0868. The van der Waals surface area contributed by atoms with E-state index >= 15 is 0 Å². The van der Waals surface area contributed by atoms with Crippen molar-refractivity contribution in [2.45, 2.75) is 39.7 Å². The smallest absolute Gasteiger partial charge is 0.0708 e. The molecule has 0 saturated carbocycles. The van der Waals surface area contributed by atoms with E-state index in [0.717, 1.165) is 6.42 Å². The molecule has 0 saturated heterocycles. The number of aliphatic hydroxyl groups excluding tert-OH is 1. The monoisotopic (exact) mass is 204 g/mol. The van der Waals surface area contributed by atoms with E-state index in [0.29, 0.717) is 25.7 Å². The molecule has 3 nitrogen and oxygen atoms in total. The minimum absolute atomic E-state index is 0.0530. The van der Waals surface area contributed by atoms with E-state index in [4.69, 9.17) is 14.6 Å². The van der Waals surface area contributed by atoms with Crippen molar-refractivity contribution in [3.63, 3.8) is 0 Å². The van der Waals surface area contributed by atoms with Gasteiger partial charge in [-0.1, -0.05) is 20.8 Å². The zero-order valence-corrected chi connectivity index (χ0v) is 9.88. The van der Waals surface area contributed by atoms with Crippen LogP contribution < -0.4 is 0 Å². The Morgan fingerprint density at radius 3 is 2.29 bits per heavy atom. The van der Waals surface area contributed by atoms with Crippen molar-refractivity contribution >= 4 is 0 Å². The minimum Gasteiger partial charge on any atom is -0.394 e. The molecule has 0 bridgehead atoms. The van der Waals surface area contributed by atoms with E-state index in [2.05, 4.69) is 27.7 Å². The highest BCUT2D eigenvalue weighted by Crippen LogP contribution is 2.24.